The summed E-state index contributed by atoms with van der Waals surface area (Å²) in [6.07, 6.45) is 0. The van der Waals surface area contributed by atoms with Crippen molar-refractivity contribution in [2.24, 2.45) is 32.5 Å². The predicted octanol–water partition coefficient (Wildman–Crippen LogP) is 6.86. The molecule has 2 bridgehead atoms. The molecule has 2 saturated carbocycles. The Morgan fingerprint density at radius 2 is 1.18 bits per heavy atom. The van der Waals surface area contributed by atoms with E-state index in [0.29, 0.717) is 5.56 Å². The molecule has 0 radical (unpaired) electrons. The van der Waals surface area contributed by atoms with Crippen LogP contribution in [0.5, 0.6) is 0 Å². The van der Waals surface area contributed by atoms with E-state index < -0.39 is 33.0 Å². The molecule has 2 heterocycles. The Morgan fingerprint density at radius 1 is 0.735 bits per heavy atom. The van der Waals surface area contributed by atoms with Crippen LogP contribution in [0, 0.1) is 32.5 Å². The Balaban J connectivity index is 2.10. The zero-order valence-electron chi connectivity index (χ0n) is 23.5. The summed E-state index contributed by atoms with van der Waals surface area (Å²) in [5, 5.41) is 0. The van der Waals surface area contributed by atoms with Gasteiger partial charge in [-0.05, 0) is 43.9 Å². The Bertz CT molecular complexity index is 1030. The second-order valence-corrected chi connectivity index (χ2v) is 15.0. The Kier molecular flexibility index (Phi) is 4.61. The highest BCUT2D eigenvalue weighted by Gasteiger charge is 3.27. The van der Waals surface area contributed by atoms with Crippen LogP contribution in [0.25, 0.3) is 0 Å². The first kappa shape index (κ1) is 25.4. The van der Waals surface area contributed by atoms with Crippen molar-refractivity contribution in [3.63, 3.8) is 0 Å². The molecule has 2 aliphatic heterocycles. The largest absolute Gasteiger partial charge is 0.459 e. The average molecular weight is 469 g/mol. The molecule has 1 aromatic carbocycles. The minimum atomic E-state index is -1.34. The van der Waals surface area contributed by atoms with E-state index in [4.69, 9.17) is 9.47 Å². The number of hydrogen-bond acceptors (Lipinski definition) is 4. The second-order valence-electron chi connectivity index (χ2n) is 15.0. The van der Waals surface area contributed by atoms with Gasteiger partial charge in [0.05, 0.1) is 5.60 Å². The van der Waals surface area contributed by atoms with Gasteiger partial charge in [0.25, 0.3) is 0 Å². The van der Waals surface area contributed by atoms with Crippen LogP contribution in [0.2, 0.25) is 0 Å². The molecule has 4 fully saturated rings. The lowest BCUT2D eigenvalue weighted by molar-refractivity contribution is -0.172. The quantitative estimate of drug-likeness (QED) is 0.359. The molecule has 4 heteroatoms. The molecule has 2 aliphatic carbocycles. The van der Waals surface area contributed by atoms with E-state index in [0.717, 1.165) is 0 Å². The number of benzene rings is 1. The maximum absolute atomic E-state index is 14.5. The van der Waals surface area contributed by atoms with Crippen LogP contribution in [-0.2, 0) is 14.3 Å². The van der Waals surface area contributed by atoms with Crippen LogP contribution in [0.15, 0.2) is 30.3 Å². The van der Waals surface area contributed by atoms with Gasteiger partial charge in [0.2, 0.25) is 0 Å². The summed E-state index contributed by atoms with van der Waals surface area (Å²) >= 11 is 0. The van der Waals surface area contributed by atoms with E-state index >= 15 is 0 Å². The molecule has 4 aliphatic rings. The molecular formula is C30H44O4. The summed E-state index contributed by atoms with van der Waals surface area (Å²) in [6.45, 7) is 27.3. The molecule has 0 aromatic heterocycles. The maximum atomic E-state index is 14.5. The highest BCUT2D eigenvalue weighted by Crippen LogP contribution is 3.17. The number of rotatable bonds is 3. The maximum Gasteiger partial charge on any atom is 0.317 e. The van der Waals surface area contributed by atoms with Gasteiger partial charge in [0.15, 0.2) is 5.78 Å². The fourth-order valence-electron chi connectivity index (χ4n) is 9.33. The molecule has 4 nitrogen and oxygen atoms in total. The third-order valence-corrected chi connectivity index (χ3v) is 9.17. The molecule has 5 rings (SSSR count). The van der Waals surface area contributed by atoms with Gasteiger partial charge >= 0.3 is 5.97 Å². The lowest BCUT2D eigenvalue weighted by Gasteiger charge is -2.46. The van der Waals surface area contributed by atoms with Gasteiger partial charge in [-0.25, -0.2) is 0 Å². The number of carbonyl (C=O) groups is 2. The number of esters is 1. The van der Waals surface area contributed by atoms with Crippen molar-refractivity contribution in [1.82, 2.24) is 0 Å². The number of hydrogen-bond donors (Lipinski definition) is 0. The molecule has 2 unspecified atom stereocenters. The lowest BCUT2D eigenvalue weighted by Crippen LogP contribution is -2.57. The third-order valence-electron chi connectivity index (χ3n) is 9.17. The summed E-state index contributed by atoms with van der Waals surface area (Å²) < 4.78 is 13.4. The number of ether oxygens (including phenoxy) is 2. The predicted molar refractivity (Wildman–Crippen MR) is 135 cm³/mol. The van der Waals surface area contributed by atoms with Crippen LogP contribution in [0.3, 0.4) is 0 Å². The fourth-order valence-corrected chi connectivity index (χ4v) is 9.33. The smallest absolute Gasteiger partial charge is 0.317 e. The Morgan fingerprint density at radius 3 is 1.53 bits per heavy atom. The van der Waals surface area contributed by atoms with E-state index in [2.05, 4.69) is 62.3 Å². The monoisotopic (exact) mass is 468 g/mol. The third kappa shape index (κ3) is 2.14. The summed E-state index contributed by atoms with van der Waals surface area (Å²) in [4.78, 5) is 28.9. The van der Waals surface area contributed by atoms with Crippen molar-refractivity contribution in [1.29, 1.82) is 0 Å². The van der Waals surface area contributed by atoms with Crippen molar-refractivity contribution in [3.8, 4) is 0 Å². The summed E-state index contributed by atoms with van der Waals surface area (Å²) in [5.74, 6) is -0.434. The normalized spacial score (nSPS) is 38.9. The van der Waals surface area contributed by atoms with Crippen LogP contribution < -0.4 is 0 Å². The molecule has 0 spiro atoms. The van der Waals surface area contributed by atoms with E-state index in [9.17, 15) is 9.59 Å². The molecule has 34 heavy (non-hydrogen) atoms. The summed E-state index contributed by atoms with van der Waals surface area (Å²) in [7, 11) is 0. The van der Waals surface area contributed by atoms with Crippen molar-refractivity contribution in [2.45, 2.75) is 107 Å². The topological polar surface area (TPSA) is 52.6 Å². The standard InChI is InChI=1S/C30H44O4/c1-22(2,3)28-27(21(32)33-25(10,11)12)26(13,20(31)19-17-15-14-16-18-19)34-30(28,24(7,8)9)29(27,28)23(4,5)6/h14-18H,1-13H3/t26-,27?,28?,29?,30?/m1/s1. The fraction of sp³-hybridized carbons (Fsp3) is 0.733. The molecule has 188 valence electrons. The Labute approximate surface area is 206 Å². The minimum absolute atomic E-state index is 0.137. The zero-order valence-corrected chi connectivity index (χ0v) is 23.5. The molecular weight excluding hydrogens is 424 g/mol. The summed E-state index contributed by atoms with van der Waals surface area (Å²) in [5.41, 5.74) is -5.18. The van der Waals surface area contributed by atoms with Crippen molar-refractivity contribution >= 4 is 11.8 Å². The van der Waals surface area contributed by atoms with Crippen LogP contribution >= 0.6 is 0 Å². The highest BCUT2D eigenvalue weighted by atomic mass is 16.6. The van der Waals surface area contributed by atoms with Gasteiger partial charge in [0.1, 0.15) is 16.6 Å². The first-order valence-corrected chi connectivity index (χ1v) is 12.6. The van der Waals surface area contributed by atoms with Crippen LogP contribution in [0.1, 0.15) is 100 Å². The van der Waals surface area contributed by atoms with Gasteiger partial charge in [0, 0.05) is 16.4 Å². The van der Waals surface area contributed by atoms with E-state index in [1.165, 1.54) is 0 Å². The average Bonchev–Trinajstić information content (AvgIpc) is 3.39. The molecule has 3 atom stereocenters. The molecule has 0 amide bonds. The number of ketones is 1. The Hall–Kier alpha value is -1.68. The van der Waals surface area contributed by atoms with E-state index in [1.807, 2.05) is 58.0 Å². The van der Waals surface area contributed by atoms with Crippen molar-refractivity contribution in [3.05, 3.63) is 35.9 Å². The number of fused-ring (bicyclic) bond motifs is 1. The van der Waals surface area contributed by atoms with Gasteiger partial charge in [-0.15, -0.1) is 0 Å². The first-order valence-electron chi connectivity index (χ1n) is 12.6. The summed E-state index contributed by atoms with van der Waals surface area (Å²) in [6, 6.07) is 9.26. The van der Waals surface area contributed by atoms with Gasteiger partial charge in [-0.2, -0.15) is 0 Å². The van der Waals surface area contributed by atoms with Crippen molar-refractivity contribution < 1.29 is 19.1 Å². The van der Waals surface area contributed by atoms with Crippen LogP contribution in [0.4, 0.5) is 0 Å². The highest BCUT2D eigenvalue weighted by molar-refractivity contribution is 6.12. The van der Waals surface area contributed by atoms with Gasteiger partial charge in [-0.1, -0.05) is 92.6 Å². The number of carbonyl (C=O) groups excluding carboxylic acids is 2. The van der Waals surface area contributed by atoms with Gasteiger partial charge in [-0.3, -0.25) is 9.59 Å². The van der Waals surface area contributed by atoms with Crippen LogP contribution in [-0.4, -0.2) is 28.6 Å². The van der Waals surface area contributed by atoms with Crippen molar-refractivity contribution in [2.75, 3.05) is 0 Å². The molecule has 2 saturated heterocycles. The lowest BCUT2D eigenvalue weighted by atomic mass is 9.54. The zero-order chi connectivity index (χ0) is 26.2. The SMILES string of the molecule is CC(C)(C)OC(=O)C12C3(C(C)(C)C)C(C(C)(C)C)(O[C@]1(C)C(=O)c1ccccc1)C32C(C)(C)C. The minimum Gasteiger partial charge on any atom is -0.459 e. The van der Waals surface area contributed by atoms with E-state index in [-0.39, 0.29) is 28.0 Å². The molecule has 0 N–H and O–H groups in total. The first-order chi connectivity index (χ1) is 15.1. The second kappa shape index (κ2) is 6.17. The molecule has 1 aromatic rings. The number of Topliss-reactive ketones (excluding diaryl/α,β-unsaturated/α-hetero) is 1. The van der Waals surface area contributed by atoms with Gasteiger partial charge < -0.3 is 9.47 Å². The van der Waals surface area contributed by atoms with E-state index in [1.54, 1.807) is 0 Å².